The highest BCUT2D eigenvalue weighted by molar-refractivity contribution is 5.97. The molecule has 0 unspecified atom stereocenters. The molecule has 0 atom stereocenters. The molecule has 0 saturated heterocycles. The van der Waals surface area contributed by atoms with Gasteiger partial charge in [-0.1, -0.05) is 36.4 Å². The molecule has 0 saturated carbocycles. The van der Waals surface area contributed by atoms with E-state index in [0.29, 0.717) is 11.4 Å². The first-order valence-electron chi connectivity index (χ1n) is 8.50. The van der Waals surface area contributed by atoms with Crippen LogP contribution in [-0.4, -0.2) is 25.5 Å². The zero-order valence-electron chi connectivity index (χ0n) is 15.3. The smallest absolute Gasteiger partial charge is 0.254 e. The van der Waals surface area contributed by atoms with E-state index in [-0.39, 0.29) is 11.4 Å². The van der Waals surface area contributed by atoms with Crippen LogP contribution in [0.5, 0.6) is 0 Å². The predicted molar refractivity (Wildman–Crippen MR) is 109 cm³/mol. The van der Waals surface area contributed by atoms with Crippen molar-refractivity contribution in [2.45, 2.75) is 0 Å². The molecule has 9 heteroatoms. The zero-order valence-corrected chi connectivity index (χ0v) is 15.3. The molecule has 0 radical (unpaired) electrons. The number of carbonyl (C=O) groups excluding carboxylic acids is 1. The maximum Gasteiger partial charge on any atom is 0.254 e. The molecule has 0 spiro atoms. The Kier molecular flexibility index (Phi) is 5.56. The Bertz CT molecular complexity index is 1160. The molecular weight excluding hydrogens is 368 g/mol. The first kappa shape index (κ1) is 19.2. The van der Waals surface area contributed by atoms with Crippen LogP contribution in [0.4, 0.5) is 11.6 Å². The molecule has 0 aliphatic carbocycles. The second-order valence-corrected chi connectivity index (χ2v) is 5.86. The van der Waals surface area contributed by atoms with Crippen molar-refractivity contribution in [3.8, 4) is 17.4 Å². The molecule has 144 valence electrons. The van der Waals surface area contributed by atoms with E-state index in [4.69, 9.17) is 22.5 Å². The van der Waals surface area contributed by atoms with E-state index in [1.54, 1.807) is 4.68 Å². The second kappa shape index (κ2) is 8.41. The molecule has 6 N–H and O–H groups in total. The molecule has 4 rings (SSSR count). The monoisotopic (exact) mass is 386 g/mol. The first-order chi connectivity index (χ1) is 14.0. The van der Waals surface area contributed by atoms with Crippen LogP contribution in [0.25, 0.3) is 11.4 Å². The summed E-state index contributed by atoms with van der Waals surface area (Å²) in [5, 5.41) is 16.7. The zero-order chi connectivity index (χ0) is 20.8. The molecule has 2 aromatic carbocycles. The number of aromatic nitrogens is 4. The Labute approximate surface area is 166 Å². The van der Waals surface area contributed by atoms with Crippen molar-refractivity contribution >= 4 is 17.5 Å². The highest BCUT2D eigenvalue weighted by Gasteiger charge is 2.12. The van der Waals surface area contributed by atoms with Crippen LogP contribution in [0, 0.1) is 11.3 Å². The van der Waals surface area contributed by atoms with Crippen LogP contribution >= 0.6 is 0 Å². The van der Waals surface area contributed by atoms with E-state index < -0.39 is 5.91 Å². The number of nitrogens with zero attached hydrogens (tertiary/aromatic N) is 5. The van der Waals surface area contributed by atoms with Crippen molar-refractivity contribution in [3.05, 3.63) is 84.2 Å². The third-order valence-electron chi connectivity index (χ3n) is 4.00. The fourth-order valence-corrected chi connectivity index (χ4v) is 2.54. The molecule has 0 aliphatic heterocycles. The minimum atomic E-state index is -0.574. The van der Waals surface area contributed by atoms with Crippen molar-refractivity contribution in [3.63, 3.8) is 0 Å². The predicted octanol–water partition coefficient (Wildman–Crippen LogP) is 1.88. The maximum atomic E-state index is 11.0. The number of nitrogen functional groups attached to an aromatic ring is 2. The quantitative estimate of drug-likeness (QED) is 0.488. The van der Waals surface area contributed by atoms with Crippen LogP contribution in [0.1, 0.15) is 15.9 Å². The summed E-state index contributed by atoms with van der Waals surface area (Å²) < 4.78 is 3.01. The normalized spacial score (nSPS) is 9.90. The average molecular weight is 386 g/mol. The number of hydrogen-bond acceptors (Lipinski definition) is 6. The van der Waals surface area contributed by atoms with Gasteiger partial charge in [-0.3, -0.25) is 4.79 Å². The Hall–Kier alpha value is -4.58. The summed E-state index contributed by atoms with van der Waals surface area (Å²) >= 11 is 0. The second-order valence-electron chi connectivity index (χ2n) is 5.86. The number of hydrogen-bond donors (Lipinski definition) is 3. The number of primary amides is 1. The molecular formula is C20H18N8O. The Morgan fingerprint density at radius 2 is 1.31 bits per heavy atom. The average Bonchev–Trinajstić information content (AvgIpc) is 3.32. The summed E-state index contributed by atoms with van der Waals surface area (Å²) in [4.78, 5) is 11.0. The van der Waals surface area contributed by atoms with Crippen molar-refractivity contribution < 1.29 is 4.79 Å². The van der Waals surface area contributed by atoms with Crippen LogP contribution in [-0.2, 0) is 0 Å². The summed E-state index contributed by atoms with van der Waals surface area (Å²) in [5.41, 5.74) is 18.9. The van der Waals surface area contributed by atoms with Gasteiger partial charge in [-0.15, -0.1) is 0 Å². The molecule has 2 heterocycles. The number of nitrogens with two attached hydrogens (primary N) is 3. The molecule has 0 aliphatic rings. The number of para-hydroxylation sites is 2. The number of carbonyl (C=O) groups is 1. The van der Waals surface area contributed by atoms with Gasteiger partial charge < -0.3 is 17.2 Å². The van der Waals surface area contributed by atoms with E-state index in [1.807, 2.05) is 66.7 Å². The SMILES string of the molecule is N#Cc1cnn(-c2ccccc2)c1N.NC(=O)c1cnn(-c2ccccc2)c1N. The summed E-state index contributed by atoms with van der Waals surface area (Å²) in [6.07, 6.45) is 2.83. The molecule has 9 nitrogen and oxygen atoms in total. The topological polar surface area (TPSA) is 155 Å². The molecule has 4 aromatic rings. The van der Waals surface area contributed by atoms with Crippen LogP contribution in [0.15, 0.2) is 73.1 Å². The minimum absolute atomic E-state index is 0.235. The maximum absolute atomic E-state index is 11.0. The molecule has 1 amide bonds. The molecule has 0 bridgehead atoms. The van der Waals surface area contributed by atoms with E-state index in [9.17, 15) is 4.79 Å². The van der Waals surface area contributed by atoms with Gasteiger partial charge >= 0.3 is 0 Å². The number of nitriles is 1. The number of amides is 1. The van der Waals surface area contributed by atoms with E-state index in [2.05, 4.69) is 10.2 Å². The van der Waals surface area contributed by atoms with Crippen molar-refractivity contribution in [2.24, 2.45) is 5.73 Å². The molecule has 2 aromatic heterocycles. The lowest BCUT2D eigenvalue weighted by atomic mass is 10.3. The third-order valence-corrected chi connectivity index (χ3v) is 4.00. The first-order valence-corrected chi connectivity index (χ1v) is 8.50. The fourth-order valence-electron chi connectivity index (χ4n) is 2.54. The number of benzene rings is 2. The van der Waals surface area contributed by atoms with Crippen LogP contribution in [0.2, 0.25) is 0 Å². The van der Waals surface area contributed by atoms with Gasteiger partial charge in [0.2, 0.25) is 0 Å². The molecule has 0 fully saturated rings. The Balaban J connectivity index is 0.000000166. The summed E-state index contributed by atoms with van der Waals surface area (Å²) in [6, 6.07) is 20.7. The minimum Gasteiger partial charge on any atom is -0.383 e. The highest BCUT2D eigenvalue weighted by atomic mass is 16.1. The number of rotatable bonds is 3. The van der Waals surface area contributed by atoms with E-state index in [1.165, 1.54) is 17.1 Å². The van der Waals surface area contributed by atoms with Gasteiger partial charge in [-0.05, 0) is 24.3 Å². The van der Waals surface area contributed by atoms with E-state index >= 15 is 0 Å². The highest BCUT2D eigenvalue weighted by Crippen LogP contribution is 2.16. The van der Waals surface area contributed by atoms with Gasteiger partial charge in [0.25, 0.3) is 5.91 Å². The van der Waals surface area contributed by atoms with Gasteiger partial charge in [0, 0.05) is 0 Å². The van der Waals surface area contributed by atoms with Crippen LogP contribution < -0.4 is 17.2 Å². The number of anilines is 2. The third kappa shape index (κ3) is 4.06. The van der Waals surface area contributed by atoms with Gasteiger partial charge in [0.05, 0.1) is 23.8 Å². The van der Waals surface area contributed by atoms with Crippen LogP contribution in [0.3, 0.4) is 0 Å². The van der Waals surface area contributed by atoms with Gasteiger partial charge in [0.1, 0.15) is 28.8 Å². The summed E-state index contributed by atoms with van der Waals surface area (Å²) in [5.74, 6) is 0.0575. The lowest BCUT2D eigenvalue weighted by Gasteiger charge is -2.03. The lowest BCUT2D eigenvalue weighted by Crippen LogP contribution is -2.13. The summed E-state index contributed by atoms with van der Waals surface area (Å²) in [6.45, 7) is 0. The van der Waals surface area contributed by atoms with Crippen molar-refractivity contribution in [2.75, 3.05) is 11.5 Å². The van der Waals surface area contributed by atoms with Crippen molar-refractivity contribution in [1.82, 2.24) is 19.6 Å². The fraction of sp³-hybridized carbons (Fsp3) is 0. The summed E-state index contributed by atoms with van der Waals surface area (Å²) in [7, 11) is 0. The largest absolute Gasteiger partial charge is 0.383 e. The van der Waals surface area contributed by atoms with Gasteiger partial charge in [-0.25, -0.2) is 9.36 Å². The van der Waals surface area contributed by atoms with Gasteiger partial charge in [0.15, 0.2) is 0 Å². The standard InChI is InChI=1S/C10H10N4O.C10H8N4/c11-9-8(10(12)15)6-13-14(9)7-4-2-1-3-5-7;11-6-8-7-13-14(10(8)12)9-4-2-1-3-5-9/h1-6H,11H2,(H2,12,15);1-5,7H,12H2. The molecule has 29 heavy (non-hydrogen) atoms. The lowest BCUT2D eigenvalue weighted by molar-refractivity contribution is 0.100. The van der Waals surface area contributed by atoms with Crippen molar-refractivity contribution in [1.29, 1.82) is 5.26 Å². The Morgan fingerprint density at radius 3 is 1.72 bits per heavy atom. The Morgan fingerprint density at radius 1 is 0.828 bits per heavy atom. The van der Waals surface area contributed by atoms with Gasteiger partial charge in [-0.2, -0.15) is 15.5 Å². The van der Waals surface area contributed by atoms with E-state index in [0.717, 1.165) is 11.4 Å².